The van der Waals surface area contributed by atoms with Crippen molar-refractivity contribution in [2.45, 2.75) is 24.2 Å². The van der Waals surface area contributed by atoms with Crippen molar-refractivity contribution in [3.05, 3.63) is 82.9 Å². The second-order valence-corrected chi connectivity index (χ2v) is 11.7. The van der Waals surface area contributed by atoms with Crippen LogP contribution in [-0.2, 0) is 30.8 Å². The fourth-order valence-electron chi connectivity index (χ4n) is 4.65. The Morgan fingerprint density at radius 2 is 1.90 bits per heavy atom. The number of imide groups is 1. The van der Waals surface area contributed by atoms with Crippen LogP contribution in [0.1, 0.15) is 24.0 Å². The molecule has 0 bridgehead atoms. The quantitative estimate of drug-likeness (QED) is 0.459. The van der Waals surface area contributed by atoms with Crippen LogP contribution in [0.5, 0.6) is 0 Å². The molecule has 202 valence electrons. The summed E-state index contributed by atoms with van der Waals surface area (Å²) in [7, 11) is -4.14. The maximum absolute atomic E-state index is 13.8. The van der Waals surface area contributed by atoms with E-state index in [9.17, 15) is 22.8 Å². The van der Waals surface area contributed by atoms with E-state index in [2.05, 4.69) is 10.3 Å². The van der Waals surface area contributed by atoms with Crippen molar-refractivity contribution < 1.29 is 27.5 Å². The topological polar surface area (TPSA) is 126 Å². The average molecular weight is 569 g/mol. The highest BCUT2D eigenvalue weighted by atomic mass is 35.5. The lowest BCUT2D eigenvalue weighted by Gasteiger charge is -2.35. The van der Waals surface area contributed by atoms with E-state index >= 15 is 0 Å². The predicted molar refractivity (Wildman–Crippen MR) is 144 cm³/mol. The van der Waals surface area contributed by atoms with Gasteiger partial charge in [0.2, 0.25) is 5.91 Å². The number of anilines is 2. The van der Waals surface area contributed by atoms with Gasteiger partial charge in [-0.15, -0.1) is 0 Å². The molecule has 1 aromatic heterocycles. The maximum Gasteiger partial charge on any atom is 0.417 e. The van der Waals surface area contributed by atoms with E-state index < -0.39 is 33.9 Å². The van der Waals surface area contributed by atoms with E-state index in [0.717, 1.165) is 14.8 Å². The van der Waals surface area contributed by atoms with Gasteiger partial charge in [0.25, 0.3) is 15.9 Å². The minimum absolute atomic E-state index is 0.00818. The van der Waals surface area contributed by atoms with Gasteiger partial charge in [-0.05, 0) is 48.7 Å². The molecule has 2 aromatic carbocycles. The Bertz CT molecular complexity index is 1530. The van der Waals surface area contributed by atoms with Crippen LogP contribution in [0.4, 0.5) is 16.4 Å². The first-order valence-corrected chi connectivity index (χ1v) is 14.1. The molecular weight excluding hydrogens is 544 g/mol. The van der Waals surface area contributed by atoms with Gasteiger partial charge < -0.3 is 10.1 Å². The average Bonchev–Trinajstić information content (AvgIpc) is 3.24. The fourth-order valence-corrected chi connectivity index (χ4v) is 6.48. The minimum atomic E-state index is -4.14. The molecule has 2 aliphatic heterocycles. The van der Waals surface area contributed by atoms with Gasteiger partial charge in [-0.1, -0.05) is 54.1 Å². The largest absolute Gasteiger partial charge is 0.439 e. The summed E-state index contributed by atoms with van der Waals surface area (Å²) in [6, 6.07) is 18.4. The smallest absolute Gasteiger partial charge is 0.417 e. The molecule has 1 fully saturated rings. The van der Waals surface area contributed by atoms with Gasteiger partial charge in [-0.2, -0.15) is 0 Å². The molecule has 2 atom stereocenters. The molecule has 3 heterocycles. The SMILES string of the molecule is C[C@H](C(=O)Nc1ccc2c(n1)N(S(=O)(=O)c1cccc(Cl)c1)CC(CN1C(=O)COC1=O)C2)c1ccccc1. The molecule has 5 rings (SSSR count). The third-order valence-corrected chi connectivity index (χ3v) is 8.72. The zero-order valence-corrected chi connectivity index (χ0v) is 22.5. The van der Waals surface area contributed by atoms with E-state index in [1.807, 2.05) is 30.3 Å². The second kappa shape index (κ2) is 10.7. The zero-order chi connectivity index (χ0) is 27.7. The first kappa shape index (κ1) is 26.6. The number of benzene rings is 2. The van der Waals surface area contributed by atoms with Crippen LogP contribution >= 0.6 is 11.6 Å². The monoisotopic (exact) mass is 568 g/mol. The molecule has 39 heavy (non-hydrogen) atoms. The molecule has 0 aliphatic carbocycles. The Balaban J connectivity index is 1.48. The Labute approximate surface area is 230 Å². The number of nitrogens with one attached hydrogen (secondary N) is 1. The highest BCUT2D eigenvalue weighted by Gasteiger charge is 2.39. The van der Waals surface area contributed by atoms with Crippen molar-refractivity contribution in [1.82, 2.24) is 9.88 Å². The van der Waals surface area contributed by atoms with Gasteiger partial charge >= 0.3 is 6.09 Å². The van der Waals surface area contributed by atoms with E-state index in [1.165, 1.54) is 18.2 Å². The lowest BCUT2D eigenvalue weighted by atomic mass is 9.95. The number of halogens is 1. The molecule has 1 unspecified atom stereocenters. The fraction of sp³-hybridized carbons (Fsp3) is 0.259. The number of ether oxygens (including phenoxy) is 1. The third kappa shape index (κ3) is 5.45. The van der Waals surface area contributed by atoms with Gasteiger partial charge in [-0.25, -0.2) is 27.4 Å². The van der Waals surface area contributed by atoms with Crippen molar-refractivity contribution in [1.29, 1.82) is 0 Å². The highest BCUT2D eigenvalue weighted by Crippen LogP contribution is 2.35. The van der Waals surface area contributed by atoms with Crippen molar-refractivity contribution in [3.63, 3.8) is 0 Å². The van der Waals surface area contributed by atoms with Crippen LogP contribution in [0.25, 0.3) is 0 Å². The van der Waals surface area contributed by atoms with Crippen LogP contribution < -0.4 is 9.62 Å². The van der Waals surface area contributed by atoms with E-state index in [0.29, 0.717) is 12.0 Å². The summed E-state index contributed by atoms with van der Waals surface area (Å²) in [5, 5.41) is 3.04. The van der Waals surface area contributed by atoms with Crippen molar-refractivity contribution in [2.24, 2.45) is 5.92 Å². The summed E-state index contributed by atoms with van der Waals surface area (Å²) in [4.78, 5) is 42.6. The number of carbonyl (C=O) groups is 3. The number of carbonyl (C=O) groups excluding carboxylic acids is 3. The zero-order valence-electron chi connectivity index (χ0n) is 20.9. The van der Waals surface area contributed by atoms with Gasteiger partial charge in [0.15, 0.2) is 6.61 Å². The van der Waals surface area contributed by atoms with Crippen molar-refractivity contribution in [3.8, 4) is 0 Å². The van der Waals surface area contributed by atoms with Crippen LogP contribution in [-0.4, -0.2) is 55.9 Å². The van der Waals surface area contributed by atoms with E-state index in [4.69, 9.17) is 16.3 Å². The number of sulfonamides is 1. The Morgan fingerprint density at radius 1 is 1.13 bits per heavy atom. The lowest BCUT2D eigenvalue weighted by Crippen LogP contribution is -2.45. The summed E-state index contributed by atoms with van der Waals surface area (Å²) in [6.07, 6.45) is -0.394. The second-order valence-electron chi connectivity index (χ2n) is 9.42. The van der Waals surface area contributed by atoms with Crippen LogP contribution in [0.2, 0.25) is 5.02 Å². The molecule has 12 heteroatoms. The summed E-state index contributed by atoms with van der Waals surface area (Å²) in [5.41, 5.74) is 1.42. The Morgan fingerprint density at radius 3 is 2.59 bits per heavy atom. The standard InChI is InChI=1S/C27H25ClN4O6S/c1-17(19-6-3-2-4-7-19)26(34)30-23-11-10-20-12-18(14-31-24(33)16-38-27(31)35)15-32(25(20)29-23)39(36,37)22-9-5-8-21(28)13-22/h2-11,13,17-18H,12,14-16H2,1H3,(H,29,30,34)/t17-,18?/m0/s1. The molecule has 1 N–H and O–H groups in total. The molecule has 10 nitrogen and oxygen atoms in total. The number of hydrogen-bond donors (Lipinski definition) is 1. The lowest BCUT2D eigenvalue weighted by molar-refractivity contribution is -0.126. The molecular formula is C27H25ClN4O6S. The van der Waals surface area contributed by atoms with Gasteiger partial charge in [0.1, 0.15) is 11.6 Å². The summed E-state index contributed by atoms with van der Waals surface area (Å²) in [6.45, 7) is 1.38. The first-order valence-electron chi connectivity index (χ1n) is 12.2. The number of nitrogens with zero attached hydrogens (tertiary/aromatic N) is 3. The number of amides is 3. The molecule has 0 spiro atoms. The molecule has 3 amide bonds. The molecule has 2 aliphatic rings. The summed E-state index contributed by atoms with van der Waals surface area (Å²) >= 11 is 6.09. The molecule has 0 saturated carbocycles. The van der Waals surface area contributed by atoms with Gasteiger partial charge in [0.05, 0.1) is 10.8 Å². The van der Waals surface area contributed by atoms with E-state index in [1.54, 1.807) is 25.1 Å². The number of fused-ring (bicyclic) bond motifs is 1. The number of rotatable bonds is 7. The van der Waals surface area contributed by atoms with Crippen LogP contribution in [0, 0.1) is 5.92 Å². The first-order chi connectivity index (χ1) is 18.6. The number of pyridine rings is 1. The van der Waals surface area contributed by atoms with Gasteiger partial charge in [0, 0.05) is 24.0 Å². The minimum Gasteiger partial charge on any atom is -0.439 e. The molecule has 1 saturated heterocycles. The summed E-state index contributed by atoms with van der Waals surface area (Å²) in [5.74, 6) is -1.29. The third-order valence-electron chi connectivity index (χ3n) is 6.73. The summed E-state index contributed by atoms with van der Waals surface area (Å²) < 4.78 is 33.6. The Kier molecular flexibility index (Phi) is 7.28. The number of cyclic esters (lactones) is 1. The highest BCUT2D eigenvalue weighted by molar-refractivity contribution is 7.92. The normalized spacial score (nSPS) is 17.9. The number of hydrogen-bond acceptors (Lipinski definition) is 7. The molecule has 0 radical (unpaired) electrons. The molecule has 3 aromatic rings. The Hall–Kier alpha value is -3.96. The number of aromatic nitrogens is 1. The van der Waals surface area contributed by atoms with Crippen molar-refractivity contribution in [2.75, 3.05) is 29.3 Å². The van der Waals surface area contributed by atoms with E-state index in [-0.39, 0.29) is 47.2 Å². The van der Waals surface area contributed by atoms with Crippen LogP contribution in [0.3, 0.4) is 0 Å². The van der Waals surface area contributed by atoms with Crippen LogP contribution in [0.15, 0.2) is 71.6 Å². The van der Waals surface area contributed by atoms with Gasteiger partial charge in [-0.3, -0.25) is 9.59 Å². The predicted octanol–water partition coefficient (Wildman–Crippen LogP) is 3.82. The maximum atomic E-state index is 13.8. The van der Waals surface area contributed by atoms with Crippen molar-refractivity contribution >= 4 is 51.2 Å².